The van der Waals surface area contributed by atoms with Crippen LogP contribution in [0.5, 0.6) is 5.88 Å². The van der Waals surface area contributed by atoms with Gasteiger partial charge in [0.25, 0.3) is 0 Å². The monoisotopic (exact) mass is 308 g/mol. The van der Waals surface area contributed by atoms with E-state index in [1.807, 2.05) is 0 Å². The van der Waals surface area contributed by atoms with Gasteiger partial charge >= 0.3 is 0 Å². The third-order valence-corrected chi connectivity index (χ3v) is 4.18. The van der Waals surface area contributed by atoms with Gasteiger partial charge in [-0.15, -0.1) is 0 Å². The summed E-state index contributed by atoms with van der Waals surface area (Å²) >= 11 is 0. The van der Waals surface area contributed by atoms with Crippen molar-refractivity contribution in [2.24, 2.45) is 5.73 Å². The zero-order valence-electron chi connectivity index (χ0n) is 11.5. The lowest BCUT2D eigenvalue weighted by Crippen LogP contribution is -2.23. The molecule has 0 fully saturated rings. The Bertz CT molecular complexity index is 702. The maximum Gasteiger partial charge on any atom is 0.242 e. The van der Waals surface area contributed by atoms with E-state index in [1.54, 1.807) is 24.4 Å². The first kappa shape index (κ1) is 15.4. The summed E-state index contributed by atoms with van der Waals surface area (Å²) < 4.78 is 31.7. The molecule has 0 aliphatic rings. The van der Waals surface area contributed by atoms with Gasteiger partial charge < -0.3 is 10.5 Å². The number of aromatic nitrogens is 2. The lowest BCUT2D eigenvalue weighted by atomic mass is 10.3. The predicted octanol–water partition coefficient (Wildman–Crippen LogP) is 0.422. The average molecular weight is 308 g/mol. The van der Waals surface area contributed by atoms with Crippen LogP contribution in [0.1, 0.15) is 11.3 Å². The molecule has 0 aromatic carbocycles. The number of hydrogen-bond acceptors (Lipinski definition) is 6. The van der Waals surface area contributed by atoms with Crippen LogP contribution in [-0.2, 0) is 23.1 Å². The van der Waals surface area contributed by atoms with Gasteiger partial charge in [-0.3, -0.25) is 4.98 Å². The third kappa shape index (κ3) is 3.97. The minimum absolute atomic E-state index is 0.0979. The molecule has 0 saturated heterocycles. The number of nitrogens with one attached hydrogen (secondary N) is 1. The zero-order chi connectivity index (χ0) is 15.3. The highest BCUT2D eigenvalue weighted by Crippen LogP contribution is 2.11. The number of methoxy groups -OCH3 is 1. The SMILES string of the molecule is COc1cc(CNS(=O)(=O)c2ccc(CN)nc2)ccn1. The molecule has 7 nitrogen and oxygen atoms in total. The van der Waals surface area contributed by atoms with E-state index in [1.165, 1.54) is 19.4 Å². The van der Waals surface area contributed by atoms with E-state index in [0.29, 0.717) is 11.6 Å². The molecular weight excluding hydrogens is 292 g/mol. The van der Waals surface area contributed by atoms with Crippen molar-refractivity contribution in [1.29, 1.82) is 0 Å². The molecule has 0 spiro atoms. The van der Waals surface area contributed by atoms with Crippen LogP contribution in [0.2, 0.25) is 0 Å². The van der Waals surface area contributed by atoms with Crippen LogP contribution < -0.4 is 15.2 Å². The Morgan fingerprint density at radius 2 is 2.10 bits per heavy atom. The van der Waals surface area contributed by atoms with Crippen LogP contribution in [0.3, 0.4) is 0 Å². The fraction of sp³-hybridized carbons (Fsp3) is 0.231. The first-order valence-electron chi connectivity index (χ1n) is 6.19. The topological polar surface area (TPSA) is 107 Å². The van der Waals surface area contributed by atoms with Gasteiger partial charge in [-0.25, -0.2) is 18.1 Å². The second-order valence-electron chi connectivity index (χ2n) is 4.22. The number of hydrogen-bond donors (Lipinski definition) is 2. The fourth-order valence-corrected chi connectivity index (χ4v) is 2.59. The van der Waals surface area contributed by atoms with E-state index in [9.17, 15) is 8.42 Å². The van der Waals surface area contributed by atoms with Crippen molar-refractivity contribution < 1.29 is 13.2 Å². The van der Waals surface area contributed by atoms with Gasteiger partial charge in [0.1, 0.15) is 4.90 Å². The summed E-state index contributed by atoms with van der Waals surface area (Å²) in [6.07, 6.45) is 2.84. The number of pyridine rings is 2. The van der Waals surface area contributed by atoms with Crippen molar-refractivity contribution in [2.75, 3.05) is 7.11 Å². The Labute approximate surface area is 123 Å². The summed E-state index contributed by atoms with van der Waals surface area (Å²) in [6.45, 7) is 0.407. The fourth-order valence-electron chi connectivity index (χ4n) is 1.62. The Hall–Kier alpha value is -2.03. The molecule has 8 heteroatoms. The van der Waals surface area contributed by atoms with Crippen molar-refractivity contribution in [3.8, 4) is 5.88 Å². The van der Waals surface area contributed by atoms with Gasteiger partial charge in [0.05, 0.1) is 12.8 Å². The molecule has 21 heavy (non-hydrogen) atoms. The van der Waals surface area contributed by atoms with E-state index in [-0.39, 0.29) is 18.0 Å². The molecular formula is C13H16N4O3S. The second kappa shape index (κ2) is 6.61. The quantitative estimate of drug-likeness (QED) is 0.801. The molecule has 0 bridgehead atoms. The van der Waals surface area contributed by atoms with Crippen molar-refractivity contribution >= 4 is 10.0 Å². The molecule has 0 radical (unpaired) electrons. The summed E-state index contributed by atoms with van der Waals surface area (Å²) in [5.74, 6) is 0.431. The second-order valence-corrected chi connectivity index (χ2v) is 5.99. The maximum absolute atomic E-state index is 12.1. The molecule has 3 N–H and O–H groups in total. The van der Waals surface area contributed by atoms with E-state index in [2.05, 4.69) is 14.7 Å². The first-order chi connectivity index (χ1) is 10.0. The molecule has 0 amide bonds. The summed E-state index contributed by atoms with van der Waals surface area (Å²) in [5, 5.41) is 0. The predicted molar refractivity (Wildman–Crippen MR) is 76.9 cm³/mol. The van der Waals surface area contributed by atoms with Gasteiger partial charge in [-0.2, -0.15) is 0 Å². The average Bonchev–Trinajstić information content (AvgIpc) is 2.53. The smallest absolute Gasteiger partial charge is 0.242 e. The molecule has 0 saturated carbocycles. The van der Waals surface area contributed by atoms with Crippen LogP contribution in [0.25, 0.3) is 0 Å². The van der Waals surface area contributed by atoms with Crippen molar-refractivity contribution in [3.63, 3.8) is 0 Å². The van der Waals surface area contributed by atoms with Gasteiger partial charge in [-0.05, 0) is 23.8 Å². The molecule has 2 aromatic rings. The van der Waals surface area contributed by atoms with E-state index < -0.39 is 10.0 Å². The van der Waals surface area contributed by atoms with E-state index in [0.717, 1.165) is 5.56 Å². The Morgan fingerprint density at radius 3 is 2.71 bits per heavy atom. The molecule has 2 aromatic heterocycles. The maximum atomic E-state index is 12.1. The van der Waals surface area contributed by atoms with Crippen molar-refractivity contribution in [2.45, 2.75) is 18.0 Å². The largest absolute Gasteiger partial charge is 0.481 e. The molecule has 0 atom stereocenters. The summed E-state index contributed by atoms with van der Waals surface area (Å²) in [5.41, 5.74) is 6.81. The summed E-state index contributed by atoms with van der Waals surface area (Å²) in [7, 11) is -2.12. The molecule has 0 aliphatic heterocycles. The van der Waals surface area contributed by atoms with E-state index >= 15 is 0 Å². The number of nitrogens with two attached hydrogens (primary N) is 1. The van der Waals surface area contributed by atoms with Crippen LogP contribution in [0.15, 0.2) is 41.6 Å². The minimum atomic E-state index is -3.62. The number of nitrogens with zero attached hydrogens (tertiary/aromatic N) is 2. The lowest BCUT2D eigenvalue weighted by molar-refractivity contribution is 0.397. The van der Waals surface area contributed by atoms with Crippen LogP contribution >= 0.6 is 0 Å². The zero-order valence-corrected chi connectivity index (χ0v) is 12.3. The lowest BCUT2D eigenvalue weighted by Gasteiger charge is -2.08. The Balaban J connectivity index is 2.09. The van der Waals surface area contributed by atoms with Crippen LogP contribution in [0, 0.1) is 0 Å². The highest BCUT2D eigenvalue weighted by Gasteiger charge is 2.14. The number of sulfonamides is 1. The van der Waals surface area contributed by atoms with E-state index in [4.69, 9.17) is 10.5 Å². The molecule has 0 unspecified atom stereocenters. The van der Waals surface area contributed by atoms with Gasteiger partial charge in [0, 0.05) is 31.5 Å². The third-order valence-electron chi connectivity index (χ3n) is 2.79. The highest BCUT2D eigenvalue weighted by atomic mass is 32.2. The number of rotatable bonds is 6. The summed E-state index contributed by atoms with van der Waals surface area (Å²) in [4.78, 5) is 8.03. The highest BCUT2D eigenvalue weighted by molar-refractivity contribution is 7.89. The van der Waals surface area contributed by atoms with Crippen LogP contribution in [0.4, 0.5) is 0 Å². The molecule has 0 aliphatic carbocycles. The van der Waals surface area contributed by atoms with Crippen LogP contribution in [-0.4, -0.2) is 25.5 Å². The Kier molecular flexibility index (Phi) is 4.84. The van der Waals surface area contributed by atoms with Gasteiger partial charge in [-0.1, -0.05) is 0 Å². The van der Waals surface area contributed by atoms with Gasteiger partial charge in [0.2, 0.25) is 15.9 Å². The Morgan fingerprint density at radius 1 is 1.29 bits per heavy atom. The number of ether oxygens (including phenoxy) is 1. The van der Waals surface area contributed by atoms with Gasteiger partial charge in [0.15, 0.2) is 0 Å². The molecule has 2 heterocycles. The standard InChI is InChI=1S/C13H16N4O3S/c1-20-13-6-10(4-5-15-13)8-17-21(18,19)12-3-2-11(7-14)16-9-12/h2-6,9,17H,7-8,14H2,1H3. The normalized spacial score (nSPS) is 11.3. The summed E-state index contributed by atoms with van der Waals surface area (Å²) in [6, 6.07) is 6.44. The first-order valence-corrected chi connectivity index (χ1v) is 7.67. The minimum Gasteiger partial charge on any atom is -0.481 e. The van der Waals surface area contributed by atoms with Crippen molar-refractivity contribution in [1.82, 2.24) is 14.7 Å². The van der Waals surface area contributed by atoms with Crippen molar-refractivity contribution in [3.05, 3.63) is 47.9 Å². The molecule has 112 valence electrons. The molecule has 2 rings (SSSR count).